The van der Waals surface area contributed by atoms with Gasteiger partial charge in [0.2, 0.25) is 0 Å². The summed E-state index contributed by atoms with van der Waals surface area (Å²) >= 11 is 0. The summed E-state index contributed by atoms with van der Waals surface area (Å²) in [6.07, 6.45) is -0.273. The van der Waals surface area contributed by atoms with Crippen LogP contribution in [0.15, 0.2) is 48.5 Å². The molecule has 1 aliphatic carbocycles. The standard InChI is InChI=1S/C23H25N5O2.2ClH/c1-15-22(25-26-27(15)2)21-13-28(12-11-24-21)23(29)30-14-20-18-9-5-3-7-16(18)17-8-4-6-10-19(17)20;;/h3-10,20-21,24H,11-14H2,1-2H3;2*1H. The van der Waals surface area contributed by atoms with Gasteiger partial charge >= 0.3 is 6.09 Å². The van der Waals surface area contributed by atoms with Crippen LogP contribution < -0.4 is 5.32 Å². The third-order valence-electron chi connectivity index (χ3n) is 6.24. The van der Waals surface area contributed by atoms with Crippen molar-refractivity contribution in [3.8, 4) is 11.1 Å². The monoisotopic (exact) mass is 475 g/mol. The lowest BCUT2D eigenvalue weighted by Crippen LogP contribution is -2.49. The molecular formula is C23H27Cl2N5O2. The second-order valence-electron chi connectivity index (χ2n) is 7.94. The van der Waals surface area contributed by atoms with E-state index in [9.17, 15) is 4.79 Å². The van der Waals surface area contributed by atoms with Gasteiger partial charge in [0.1, 0.15) is 12.3 Å². The fraction of sp³-hybridized carbons (Fsp3) is 0.348. The summed E-state index contributed by atoms with van der Waals surface area (Å²) < 4.78 is 7.57. The summed E-state index contributed by atoms with van der Waals surface area (Å²) in [5, 5.41) is 11.8. The van der Waals surface area contributed by atoms with Crippen molar-refractivity contribution in [1.82, 2.24) is 25.2 Å². The molecule has 1 N–H and O–H groups in total. The Labute approximate surface area is 200 Å². The van der Waals surface area contributed by atoms with Gasteiger partial charge < -0.3 is 15.0 Å². The molecule has 2 aromatic carbocycles. The zero-order valence-electron chi connectivity index (χ0n) is 18.0. The number of hydrogen-bond donors (Lipinski definition) is 1. The van der Waals surface area contributed by atoms with Crippen molar-refractivity contribution in [1.29, 1.82) is 0 Å². The molecule has 2 aliphatic rings. The van der Waals surface area contributed by atoms with E-state index in [4.69, 9.17) is 4.74 Å². The number of aryl methyl sites for hydroxylation is 1. The molecule has 0 saturated carbocycles. The van der Waals surface area contributed by atoms with E-state index >= 15 is 0 Å². The minimum Gasteiger partial charge on any atom is -0.448 e. The lowest BCUT2D eigenvalue weighted by molar-refractivity contribution is 0.0879. The number of halogens is 2. The number of carbonyl (C=O) groups excluding carboxylic acids is 1. The highest BCUT2D eigenvalue weighted by atomic mass is 35.5. The predicted octanol–water partition coefficient (Wildman–Crippen LogP) is 3.86. The molecule has 32 heavy (non-hydrogen) atoms. The van der Waals surface area contributed by atoms with Crippen LogP contribution >= 0.6 is 24.8 Å². The largest absolute Gasteiger partial charge is 0.448 e. The molecule has 0 bridgehead atoms. The molecule has 7 nitrogen and oxygen atoms in total. The average molecular weight is 476 g/mol. The van der Waals surface area contributed by atoms with E-state index in [0.717, 1.165) is 11.4 Å². The normalized spacial score (nSPS) is 17.1. The van der Waals surface area contributed by atoms with E-state index < -0.39 is 0 Å². The predicted molar refractivity (Wildman–Crippen MR) is 128 cm³/mol. The summed E-state index contributed by atoms with van der Waals surface area (Å²) in [4.78, 5) is 14.6. The van der Waals surface area contributed by atoms with Crippen LogP contribution in [0.1, 0.15) is 34.5 Å². The molecule has 170 valence electrons. The van der Waals surface area contributed by atoms with Gasteiger partial charge in [0, 0.05) is 32.6 Å². The number of carbonyl (C=O) groups is 1. The zero-order chi connectivity index (χ0) is 20.7. The SMILES string of the molecule is Cc1c(C2CN(C(=O)OCC3c4ccccc4-c4ccccc43)CCN2)nnn1C.Cl.Cl. The number of piperazine rings is 1. The highest BCUT2D eigenvalue weighted by Gasteiger charge is 2.32. The molecule has 0 radical (unpaired) electrons. The van der Waals surface area contributed by atoms with Crippen molar-refractivity contribution < 1.29 is 9.53 Å². The number of aromatic nitrogens is 3. The van der Waals surface area contributed by atoms with E-state index in [1.165, 1.54) is 22.3 Å². The molecule has 9 heteroatoms. The maximum Gasteiger partial charge on any atom is 0.409 e. The Hall–Kier alpha value is -2.61. The van der Waals surface area contributed by atoms with Gasteiger partial charge in [0.15, 0.2) is 0 Å². The van der Waals surface area contributed by atoms with Gasteiger partial charge in [0.25, 0.3) is 0 Å². The van der Waals surface area contributed by atoms with Gasteiger partial charge in [0.05, 0.1) is 11.7 Å². The van der Waals surface area contributed by atoms with Crippen LogP contribution in [0.5, 0.6) is 0 Å². The van der Waals surface area contributed by atoms with Gasteiger partial charge in [-0.05, 0) is 29.2 Å². The quantitative estimate of drug-likeness (QED) is 0.622. The minimum atomic E-state index is -0.273. The summed E-state index contributed by atoms with van der Waals surface area (Å²) in [5.41, 5.74) is 6.79. The number of rotatable bonds is 3. The van der Waals surface area contributed by atoms with E-state index in [0.29, 0.717) is 26.2 Å². The second kappa shape index (κ2) is 9.90. The number of fused-ring (bicyclic) bond motifs is 3. The molecule has 1 aliphatic heterocycles. The molecule has 1 fully saturated rings. The first-order chi connectivity index (χ1) is 14.6. The van der Waals surface area contributed by atoms with Gasteiger partial charge in [-0.15, -0.1) is 29.9 Å². The van der Waals surface area contributed by atoms with Crippen molar-refractivity contribution >= 4 is 30.9 Å². The Morgan fingerprint density at radius 3 is 2.31 bits per heavy atom. The number of hydrogen-bond acceptors (Lipinski definition) is 5. The zero-order valence-corrected chi connectivity index (χ0v) is 19.7. The molecule has 2 heterocycles. The number of benzene rings is 2. The Morgan fingerprint density at radius 2 is 1.72 bits per heavy atom. The topological polar surface area (TPSA) is 72.3 Å². The van der Waals surface area contributed by atoms with Crippen LogP contribution in [0.25, 0.3) is 11.1 Å². The van der Waals surface area contributed by atoms with Crippen molar-refractivity contribution in [2.75, 3.05) is 26.2 Å². The third-order valence-corrected chi connectivity index (χ3v) is 6.24. The van der Waals surface area contributed by atoms with Crippen molar-refractivity contribution in [2.45, 2.75) is 18.9 Å². The van der Waals surface area contributed by atoms with Crippen LogP contribution in [0.4, 0.5) is 4.79 Å². The van der Waals surface area contributed by atoms with Crippen LogP contribution in [-0.4, -0.2) is 52.2 Å². The minimum absolute atomic E-state index is 0. The summed E-state index contributed by atoms with van der Waals surface area (Å²) in [7, 11) is 1.87. The lowest BCUT2D eigenvalue weighted by Gasteiger charge is -2.32. The first-order valence-corrected chi connectivity index (χ1v) is 10.3. The number of ether oxygens (including phenoxy) is 1. The van der Waals surface area contributed by atoms with Crippen LogP contribution in [-0.2, 0) is 11.8 Å². The molecule has 1 atom stereocenters. The van der Waals surface area contributed by atoms with Crippen LogP contribution in [0.3, 0.4) is 0 Å². The van der Waals surface area contributed by atoms with E-state index in [1.807, 2.05) is 26.1 Å². The Bertz CT molecular complexity index is 1060. The molecule has 1 unspecified atom stereocenters. The molecule has 0 spiro atoms. The second-order valence-corrected chi connectivity index (χ2v) is 7.94. The number of amides is 1. The highest BCUT2D eigenvalue weighted by Crippen LogP contribution is 2.44. The van der Waals surface area contributed by atoms with Crippen LogP contribution in [0.2, 0.25) is 0 Å². The molecule has 1 aromatic heterocycles. The molecule has 5 rings (SSSR count). The number of nitrogens with zero attached hydrogens (tertiary/aromatic N) is 4. The lowest BCUT2D eigenvalue weighted by atomic mass is 9.98. The van der Waals surface area contributed by atoms with Gasteiger partial charge in [-0.1, -0.05) is 53.7 Å². The van der Waals surface area contributed by atoms with E-state index in [-0.39, 0.29) is 42.9 Å². The maximum absolute atomic E-state index is 12.9. The number of nitrogens with one attached hydrogen (secondary N) is 1. The average Bonchev–Trinajstić information content (AvgIpc) is 3.29. The molecule has 1 saturated heterocycles. The highest BCUT2D eigenvalue weighted by molar-refractivity contribution is 5.85. The Kier molecular flexibility index (Phi) is 7.44. The summed E-state index contributed by atoms with van der Waals surface area (Å²) in [5.74, 6) is 0.0716. The van der Waals surface area contributed by atoms with Gasteiger partial charge in [-0.25, -0.2) is 4.79 Å². The van der Waals surface area contributed by atoms with Crippen molar-refractivity contribution in [2.24, 2.45) is 7.05 Å². The first-order valence-electron chi connectivity index (χ1n) is 10.3. The summed E-state index contributed by atoms with van der Waals surface area (Å²) in [6.45, 7) is 4.17. The molecular weight excluding hydrogens is 449 g/mol. The first kappa shape index (κ1) is 24.0. The van der Waals surface area contributed by atoms with E-state index in [1.54, 1.807) is 9.58 Å². The summed E-state index contributed by atoms with van der Waals surface area (Å²) in [6, 6.07) is 16.7. The molecule has 3 aromatic rings. The van der Waals surface area contributed by atoms with Gasteiger partial charge in [-0.3, -0.25) is 4.68 Å². The van der Waals surface area contributed by atoms with Crippen molar-refractivity contribution in [3.63, 3.8) is 0 Å². The fourth-order valence-corrected chi connectivity index (χ4v) is 4.53. The van der Waals surface area contributed by atoms with Crippen molar-refractivity contribution in [3.05, 3.63) is 71.0 Å². The smallest absolute Gasteiger partial charge is 0.409 e. The van der Waals surface area contributed by atoms with Gasteiger partial charge in [-0.2, -0.15) is 0 Å². The Balaban J connectivity index is 0.00000144. The Morgan fingerprint density at radius 1 is 1.09 bits per heavy atom. The van der Waals surface area contributed by atoms with E-state index in [2.05, 4.69) is 52.0 Å². The third kappa shape index (κ3) is 4.20. The van der Waals surface area contributed by atoms with Crippen LogP contribution in [0, 0.1) is 6.92 Å². The fourth-order valence-electron chi connectivity index (χ4n) is 4.53. The molecule has 1 amide bonds. The maximum atomic E-state index is 12.9.